The minimum atomic E-state index is -0.442. The number of rotatable bonds is 12. The Hall–Kier alpha value is -4.13. The van der Waals surface area contributed by atoms with Crippen LogP contribution in [0.25, 0.3) is 16.9 Å². The molecule has 1 N–H and O–H groups in total. The zero-order valence-corrected chi connectivity index (χ0v) is 22.1. The number of benzene rings is 3. The van der Waals surface area contributed by atoms with E-state index >= 15 is 0 Å². The molecule has 0 saturated heterocycles. The van der Waals surface area contributed by atoms with Crippen molar-refractivity contribution in [3.05, 3.63) is 95.9 Å². The Labute approximate surface area is 223 Å². The molecule has 0 saturated carbocycles. The maximum atomic E-state index is 14.9. The maximum Gasteiger partial charge on any atom is 0.251 e. The van der Waals surface area contributed by atoms with Gasteiger partial charge in [0.25, 0.3) is 5.91 Å². The summed E-state index contributed by atoms with van der Waals surface area (Å²) in [6.45, 7) is 7.54. The van der Waals surface area contributed by atoms with Gasteiger partial charge in [-0.25, -0.2) is 9.07 Å². The molecule has 0 aliphatic carbocycles. The van der Waals surface area contributed by atoms with Gasteiger partial charge < -0.3 is 14.8 Å². The first-order valence-corrected chi connectivity index (χ1v) is 13.0. The van der Waals surface area contributed by atoms with E-state index in [2.05, 4.69) is 26.1 Å². The molecule has 0 bridgehead atoms. The standard InChI is InChI=1S/C31H34FN3O3/c1-4-5-17-37-29-16-13-24(18-28(29)32)30-25(20-35(34-30)26-9-7-6-8-10-26)19-33-31(36)23-11-14-27(15-12-23)38-21-22(2)3/h6-16,18,20,22H,4-5,17,19,21H2,1-3H3,(H,33,36). The average molecular weight is 516 g/mol. The molecule has 0 aliphatic rings. The Bertz CT molecular complexity index is 1330. The summed E-state index contributed by atoms with van der Waals surface area (Å²) in [5, 5.41) is 7.70. The van der Waals surface area contributed by atoms with Crippen LogP contribution in [0.1, 0.15) is 49.5 Å². The van der Waals surface area contributed by atoms with E-state index in [4.69, 9.17) is 14.6 Å². The van der Waals surface area contributed by atoms with Crippen molar-refractivity contribution in [1.29, 1.82) is 0 Å². The van der Waals surface area contributed by atoms with Gasteiger partial charge in [0.1, 0.15) is 5.75 Å². The summed E-state index contributed by atoms with van der Waals surface area (Å²) in [5.74, 6) is 0.709. The molecule has 4 rings (SSSR count). The van der Waals surface area contributed by atoms with Crippen molar-refractivity contribution in [2.45, 2.75) is 40.2 Å². The predicted octanol–water partition coefficient (Wildman–Crippen LogP) is 6.82. The average Bonchev–Trinajstić information content (AvgIpc) is 3.36. The van der Waals surface area contributed by atoms with Gasteiger partial charge in [-0.15, -0.1) is 0 Å². The molecule has 38 heavy (non-hydrogen) atoms. The highest BCUT2D eigenvalue weighted by Crippen LogP contribution is 2.28. The second-order valence-corrected chi connectivity index (χ2v) is 9.54. The quantitative estimate of drug-likeness (QED) is 0.210. The summed E-state index contributed by atoms with van der Waals surface area (Å²) in [5.41, 5.74) is 3.35. The molecule has 0 atom stereocenters. The topological polar surface area (TPSA) is 65.4 Å². The van der Waals surface area contributed by atoms with Crippen LogP contribution in [0.4, 0.5) is 4.39 Å². The predicted molar refractivity (Wildman–Crippen MR) is 147 cm³/mol. The molecule has 6 nitrogen and oxygen atoms in total. The van der Waals surface area contributed by atoms with Gasteiger partial charge in [-0.2, -0.15) is 5.10 Å². The van der Waals surface area contributed by atoms with Crippen LogP contribution in [0.2, 0.25) is 0 Å². The van der Waals surface area contributed by atoms with Gasteiger partial charge in [0, 0.05) is 29.4 Å². The van der Waals surface area contributed by atoms with E-state index in [9.17, 15) is 9.18 Å². The first kappa shape index (κ1) is 26.9. The summed E-state index contributed by atoms with van der Waals surface area (Å²) in [6.07, 6.45) is 3.69. The molecular weight excluding hydrogens is 481 g/mol. The SMILES string of the molecule is CCCCOc1ccc(-c2nn(-c3ccccc3)cc2CNC(=O)c2ccc(OCC(C)C)cc2)cc1F. The minimum absolute atomic E-state index is 0.218. The highest BCUT2D eigenvalue weighted by atomic mass is 19.1. The molecule has 7 heteroatoms. The Balaban J connectivity index is 1.54. The van der Waals surface area contributed by atoms with Gasteiger partial charge in [0.15, 0.2) is 11.6 Å². The number of unbranched alkanes of at least 4 members (excludes halogenated alkanes) is 1. The fraction of sp³-hybridized carbons (Fsp3) is 0.290. The molecule has 198 valence electrons. The van der Waals surface area contributed by atoms with Gasteiger partial charge in [-0.05, 0) is 66.9 Å². The van der Waals surface area contributed by atoms with Crippen molar-refractivity contribution < 1.29 is 18.7 Å². The zero-order valence-electron chi connectivity index (χ0n) is 22.1. The summed E-state index contributed by atoms with van der Waals surface area (Å²) in [6, 6.07) is 21.6. The van der Waals surface area contributed by atoms with Crippen LogP contribution in [0.3, 0.4) is 0 Å². The van der Waals surface area contributed by atoms with Crippen LogP contribution in [-0.2, 0) is 6.54 Å². The van der Waals surface area contributed by atoms with Crippen molar-refractivity contribution in [2.75, 3.05) is 13.2 Å². The zero-order chi connectivity index (χ0) is 26.9. The number of ether oxygens (including phenoxy) is 2. The highest BCUT2D eigenvalue weighted by Gasteiger charge is 2.16. The highest BCUT2D eigenvalue weighted by molar-refractivity contribution is 5.94. The summed E-state index contributed by atoms with van der Waals surface area (Å²) < 4.78 is 27.9. The number of hydrogen-bond acceptors (Lipinski definition) is 4. The number of carbonyl (C=O) groups is 1. The van der Waals surface area contributed by atoms with Crippen LogP contribution in [0.5, 0.6) is 11.5 Å². The van der Waals surface area contributed by atoms with Crippen molar-refractivity contribution in [1.82, 2.24) is 15.1 Å². The van der Waals surface area contributed by atoms with Gasteiger partial charge in [-0.1, -0.05) is 45.4 Å². The normalized spacial score (nSPS) is 11.0. The smallest absolute Gasteiger partial charge is 0.251 e. The molecule has 3 aromatic carbocycles. The third-order valence-electron chi connectivity index (χ3n) is 5.91. The van der Waals surface area contributed by atoms with Crippen LogP contribution in [0, 0.1) is 11.7 Å². The first-order chi connectivity index (χ1) is 18.4. The molecule has 4 aromatic rings. The summed E-state index contributed by atoms with van der Waals surface area (Å²) in [7, 11) is 0. The summed E-state index contributed by atoms with van der Waals surface area (Å²) >= 11 is 0. The molecule has 0 unspecified atom stereocenters. The number of nitrogens with one attached hydrogen (secondary N) is 1. The molecule has 1 amide bonds. The lowest BCUT2D eigenvalue weighted by Gasteiger charge is -2.10. The third kappa shape index (κ3) is 7.00. The van der Waals surface area contributed by atoms with Crippen LogP contribution < -0.4 is 14.8 Å². The largest absolute Gasteiger partial charge is 0.493 e. The summed E-state index contributed by atoms with van der Waals surface area (Å²) in [4.78, 5) is 12.9. The van der Waals surface area contributed by atoms with Gasteiger partial charge in [0.05, 0.1) is 24.6 Å². The Morgan fingerprint density at radius 2 is 1.79 bits per heavy atom. The molecule has 1 heterocycles. The first-order valence-electron chi connectivity index (χ1n) is 13.0. The van der Waals surface area contributed by atoms with Crippen LogP contribution >= 0.6 is 0 Å². The van der Waals surface area contributed by atoms with Crippen molar-refractivity contribution in [3.63, 3.8) is 0 Å². The number of hydrogen-bond donors (Lipinski definition) is 1. The Kier molecular flexibility index (Phi) is 9.14. The van der Waals surface area contributed by atoms with E-state index in [0.717, 1.165) is 29.8 Å². The number of carbonyl (C=O) groups excluding carboxylic acids is 1. The second-order valence-electron chi connectivity index (χ2n) is 9.54. The monoisotopic (exact) mass is 515 g/mol. The third-order valence-corrected chi connectivity index (χ3v) is 5.91. The second kappa shape index (κ2) is 12.9. The van der Waals surface area contributed by atoms with E-state index in [1.165, 1.54) is 6.07 Å². The minimum Gasteiger partial charge on any atom is -0.493 e. The molecule has 0 fully saturated rings. The lowest BCUT2D eigenvalue weighted by atomic mass is 10.1. The molecule has 1 aromatic heterocycles. The van der Waals surface area contributed by atoms with Crippen LogP contribution in [0.15, 0.2) is 79.0 Å². The van der Waals surface area contributed by atoms with Crippen molar-refractivity contribution in [3.8, 4) is 28.4 Å². The number of para-hydroxylation sites is 1. The lowest BCUT2D eigenvalue weighted by Crippen LogP contribution is -2.22. The van der Waals surface area contributed by atoms with Crippen molar-refractivity contribution in [2.24, 2.45) is 5.92 Å². The van der Waals surface area contributed by atoms with E-state index in [-0.39, 0.29) is 18.2 Å². The Morgan fingerprint density at radius 1 is 1.03 bits per heavy atom. The van der Waals surface area contributed by atoms with Gasteiger partial charge in [-0.3, -0.25) is 4.79 Å². The van der Waals surface area contributed by atoms with E-state index in [1.807, 2.05) is 36.5 Å². The van der Waals surface area contributed by atoms with E-state index in [1.54, 1.807) is 41.1 Å². The fourth-order valence-electron chi connectivity index (χ4n) is 3.83. The number of amides is 1. The van der Waals surface area contributed by atoms with Crippen molar-refractivity contribution >= 4 is 5.91 Å². The Morgan fingerprint density at radius 3 is 2.47 bits per heavy atom. The molecule has 0 spiro atoms. The van der Waals surface area contributed by atoms with Crippen LogP contribution in [-0.4, -0.2) is 28.9 Å². The maximum absolute atomic E-state index is 14.9. The van der Waals surface area contributed by atoms with Gasteiger partial charge >= 0.3 is 0 Å². The number of nitrogens with zero attached hydrogens (tertiary/aromatic N) is 2. The van der Waals surface area contributed by atoms with E-state index in [0.29, 0.717) is 36.0 Å². The molecular formula is C31H34FN3O3. The molecule has 0 radical (unpaired) electrons. The fourth-order valence-corrected chi connectivity index (χ4v) is 3.83. The molecule has 0 aliphatic heterocycles. The lowest BCUT2D eigenvalue weighted by molar-refractivity contribution is 0.0951. The number of aromatic nitrogens is 2. The van der Waals surface area contributed by atoms with Gasteiger partial charge in [0.2, 0.25) is 0 Å². The number of halogens is 1. The van der Waals surface area contributed by atoms with E-state index < -0.39 is 5.82 Å².